The second-order valence-corrected chi connectivity index (χ2v) is 11.9. The van der Waals surface area contributed by atoms with Crippen LogP contribution in [-0.2, 0) is 21.0 Å². The van der Waals surface area contributed by atoms with Crippen LogP contribution in [0.3, 0.4) is 0 Å². The molecule has 1 saturated carbocycles. The molecule has 0 bridgehead atoms. The zero-order valence-electron chi connectivity index (χ0n) is 18.4. The topological polar surface area (TPSA) is 72.4 Å². The molecule has 1 aliphatic heterocycles. The molecule has 1 aromatic heterocycles. The van der Waals surface area contributed by atoms with Crippen molar-refractivity contribution < 1.29 is 13.2 Å². The fraction of sp³-hybridized carbons (Fsp3) is 0.818. The van der Waals surface area contributed by atoms with Gasteiger partial charge >= 0.3 is 0 Å². The molecule has 2 heterocycles. The van der Waals surface area contributed by atoms with Gasteiger partial charge in [0, 0.05) is 13.1 Å². The van der Waals surface area contributed by atoms with Crippen LogP contribution in [0.1, 0.15) is 65.5 Å². The second kappa shape index (κ2) is 9.73. The van der Waals surface area contributed by atoms with E-state index in [4.69, 9.17) is 4.74 Å². The molecule has 1 saturated heterocycles. The number of aryl methyl sites for hydroxylation is 1. The molecular formula is C22H37N3O3S. The van der Waals surface area contributed by atoms with E-state index in [9.17, 15) is 8.42 Å². The van der Waals surface area contributed by atoms with Crippen molar-refractivity contribution in [2.24, 2.45) is 11.8 Å². The van der Waals surface area contributed by atoms with E-state index >= 15 is 0 Å². The molecule has 2 aliphatic rings. The zero-order valence-corrected chi connectivity index (χ0v) is 19.2. The SMILES string of the molecule is CC(C)S(=O)(=O)CC1CCC(CCc2cnc(N3C[C@@H](C)O[C@@H](C)C3)cn2)CC1. The first kappa shape index (κ1) is 22.5. The Morgan fingerprint density at radius 3 is 2.21 bits per heavy atom. The number of aromatic nitrogens is 2. The molecule has 3 rings (SSSR count). The average molecular weight is 424 g/mol. The highest BCUT2D eigenvalue weighted by Crippen LogP contribution is 2.32. The maximum Gasteiger partial charge on any atom is 0.152 e. The smallest absolute Gasteiger partial charge is 0.152 e. The average Bonchev–Trinajstić information content (AvgIpc) is 2.67. The summed E-state index contributed by atoms with van der Waals surface area (Å²) >= 11 is 0. The minimum absolute atomic E-state index is 0.214. The standard InChI is InChI=1S/C22H37N3O3S/c1-16(2)29(26,27)15-20-7-5-19(6-8-20)9-10-21-11-24-22(12-23-21)25-13-17(3)28-18(4)14-25/h11-12,16-20H,5-10,13-15H2,1-4H3/t17-,18+,19?,20?. The van der Waals surface area contributed by atoms with E-state index in [2.05, 4.69) is 28.7 Å². The fourth-order valence-electron chi connectivity index (χ4n) is 4.57. The van der Waals surface area contributed by atoms with E-state index in [1.807, 2.05) is 12.4 Å². The first-order valence-corrected chi connectivity index (χ1v) is 12.9. The van der Waals surface area contributed by atoms with E-state index in [0.717, 1.165) is 63.1 Å². The van der Waals surface area contributed by atoms with Crippen LogP contribution >= 0.6 is 0 Å². The van der Waals surface area contributed by atoms with Crippen LogP contribution in [0, 0.1) is 11.8 Å². The Morgan fingerprint density at radius 1 is 1.03 bits per heavy atom. The van der Waals surface area contributed by atoms with E-state index in [1.165, 1.54) is 0 Å². The Bertz CT molecular complexity index is 733. The van der Waals surface area contributed by atoms with E-state index < -0.39 is 9.84 Å². The second-order valence-electron chi connectivity index (χ2n) is 9.33. The van der Waals surface area contributed by atoms with Gasteiger partial charge < -0.3 is 9.64 Å². The highest BCUT2D eigenvalue weighted by molar-refractivity contribution is 7.91. The van der Waals surface area contributed by atoms with Crippen LogP contribution in [0.15, 0.2) is 12.4 Å². The molecule has 2 atom stereocenters. The van der Waals surface area contributed by atoms with Crippen LogP contribution in [0.2, 0.25) is 0 Å². The number of nitrogens with zero attached hydrogens (tertiary/aromatic N) is 3. The van der Waals surface area contributed by atoms with Crippen LogP contribution < -0.4 is 4.90 Å². The first-order valence-electron chi connectivity index (χ1n) is 11.2. The Balaban J connectivity index is 1.43. The maximum atomic E-state index is 12.1. The van der Waals surface area contributed by atoms with Gasteiger partial charge in [0.2, 0.25) is 0 Å². The van der Waals surface area contributed by atoms with Crippen LogP contribution in [0.5, 0.6) is 0 Å². The molecule has 6 nitrogen and oxygen atoms in total. The summed E-state index contributed by atoms with van der Waals surface area (Å²) in [5.41, 5.74) is 1.05. The Hall–Kier alpha value is -1.21. The molecule has 1 aromatic rings. The lowest BCUT2D eigenvalue weighted by Crippen LogP contribution is -2.45. The van der Waals surface area contributed by atoms with E-state index in [0.29, 0.717) is 17.6 Å². The molecule has 2 fully saturated rings. The molecule has 0 aromatic carbocycles. The highest BCUT2D eigenvalue weighted by atomic mass is 32.2. The third kappa shape index (κ3) is 6.38. The summed E-state index contributed by atoms with van der Waals surface area (Å²) in [5.74, 6) is 2.32. The van der Waals surface area contributed by atoms with Crippen molar-refractivity contribution in [3.05, 3.63) is 18.1 Å². The lowest BCUT2D eigenvalue weighted by atomic mass is 9.80. The largest absolute Gasteiger partial charge is 0.372 e. The van der Waals surface area contributed by atoms with E-state index in [1.54, 1.807) is 13.8 Å². The summed E-state index contributed by atoms with van der Waals surface area (Å²) < 4.78 is 30.1. The molecule has 0 spiro atoms. The van der Waals surface area contributed by atoms with Crippen molar-refractivity contribution in [3.8, 4) is 0 Å². The first-order chi connectivity index (χ1) is 13.7. The van der Waals surface area contributed by atoms with Gasteiger partial charge in [-0.2, -0.15) is 0 Å². The van der Waals surface area contributed by atoms with Gasteiger partial charge in [-0.15, -0.1) is 0 Å². The summed E-state index contributed by atoms with van der Waals surface area (Å²) in [5, 5.41) is -0.259. The van der Waals surface area contributed by atoms with Crippen molar-refractivity contribution in [2.75, 3.05) is 23.7 Å². The Labute approximate surface area is 176 Å². The number of anilines is 1. The molecule has 7 heteroatoms. The van der Waals surface area contributed by atoms with Crippen LogP contribution in [0.25, 0.3) is 0 Å². The van der Waals surface area contributed by atoms with Gasteiger partial charge in [-0.25, -0.2) is 13.4 Å². The van der Waals surface area contributed by atoms with Crippen molar-refractivity contribution >= 4 is 15.7 Å². The quantitative estimate of drug-likeness (QED) is 0.666. The predicted molar refractivity (Wildman–Crippen MR) is 117 cm³/mol. The van der Waals surface area contributed by atoms with Crippen molar-refractivity contribution in [2.45, 2.75) is 83.7 Å². The van der Waals surface area contributed by atoms with Gasteiger partial charge in [0.25, 0.3) is 0 Å². The lowest BCUT2D eigenvalue weighted by Gasteiger charge is -2.35. The van der Waals surface area contributed by atoms with Gasteiger partial charge in [-0.05, 0) is 65.2 Å². The number of ether oxygens (including phenoxy) is 1. The van der Waals surface area contributed by atoms with Gasteiger partial charge in [0.1, 0.15) is 5.82 Å². The highest BCUT2D eigenvalue weighted by Gasteiger charge is 2.27. The van der Waals surface area contributed by atoms with Gasteiger partial charge in [-0.1, -0.05) is 12.8 Å². The summed E-state index contributed by atoms with van der Waals surface area (Å²) in [6.07, 6.45) is 10.6. The normalized spacial score (nSPS) is 28.7. The summed E-state index contributed by atoms with van der Waals surface area (Å²) in [4.78, 5) is 11.5. The maximum absolute atomic E-state index is 12.1. The molecular weight excluding hydrogens is 386 g/mol. The minimum atomic E-state index is -2.92. The molecule has 0 N–H and O–H groups in total. The molecule has 0 amide bonds. The van der Waals surface area contributed by atoms with Crippen molar-refractivity contribution in [1.29, 1.82) is 0 Å². The molecule has 0 radical (unpaired) electrons. The number of morpholine rings is 1. The van der Waals surface area contributed by atoms with Gasteiger partial charge in [0.05, 0.1) is 41.3 Å². The monoisotopic (exact) mass is 423 g/mol. The molecule has 29 heavy (non-hydrogen) atoms. The summed E-state index contributed by atoms with van der Waals surface area (Å²) in [6.45, 7) is 9.47. The fourth-order valence-corrected chi connectivity index (χ4v) is 5.94. The minimum Gasteiger partial charge on any atom is -0.372 e. The van der Waals surface area contributed by atoms with E-state index in [-0.39, 0.29) is 17.5 Å². The third-order valence-electron chi connectivity index (χ3n) is 6.40. The van der Waals surface area contributed by atoms with Gasteiger partial charge in [0.15, 0.2) is 9.84 Å². The molecule has 1 aliphatic carbocycles. The number of hydrogen-bond donors (Lipinski definition) is 0. The Kier molecular flexibility index (Phi) is 7.54. The van der Waals surface area contributed by atoms with Crippen molar-refractivity contribution in [1.82, 2.24) is 9.97 Å². The predicted octanol–water partition coefficient (Wildman–Crippen LogP) is 3.65. The zero-order chi connectivity index (χ0) is 21.0. The van der Waals surface area contributed by atoms with Crippen LogP contribution in [0.4, 0.5) is 5.82 Å². The Morgan fingerprint density at radius 2 is 1.66 bits per heavy atom. The molecule has 164 valence electrons. The van der Waals surface area contributed by atoms with Gasteiger partial charge in [-0.3, -0.25) is 4.98 Å². The van der Waals surface area contributed by atoms with Crippen LogP contribution in [-0.4, -0.2) is 54.7 Å². The lowest BCUT2D eigenvalue weighted by molar-refractivity contribution is -0.00548. The number of sulfone groups is 1. The summed E-state index contributed by atoms with van der Waals surface area (Å²) in [7, 11) is -2.92. The third-order valence-corrected chi connectivity index (χ3v) is 8.77. The number of rotatable bonds is 7. The summed E-state index contributed by atoms with van der Waals surface area (Å²) in [6, 6.07) is 0. The molecule has 0 unspecified atom stereocenters. The van der Waals surface area contributed by atoms with Crippen molar-refractivity contribution in [3.63, 3.8) is 0 Å². The number of hydrogen-bond acceptors (Lipinski definition) is 6.